The van der Waals surface area contributed by atoms with Crippen LogP contribution >= 0.6 is 0 Å². The summed E-state index contributed by atoms with van der Waals surface area (Å²) in [4.78, 5) is 12.3. The first-order chi connectivity index (χ1) is 21.0. The van der Waals surface area contributed by atoms with Crippen LogP contribution < -0.4 is 20.9 Å². The van der Waals surface area contributed by atoms with E-state index in [1.54, 1.807) is 13.0 Å². The molecule has 10 heteroatoms. The maximum atomic E-state index is 13.9. The van der Waals surface area contributed by atoms with Crippen molar-refractivity contribution in [1.82, 2.24) is 5.48 Å². The summed E-state index contributed by atoms with van der Waals surface area (Å²) in [6, 6.07) is 10.5. The number of nitrogens with zero attached hydrogens (tertiary/aromatic N) is 2. The Balaban J connectivity index is 0.00000110. The molecule has 7 nitrogen and oxygen atoms in total. The number of hydrogen-bond acceptors (Lipinski definition) is 7. The molecule has 0 fully saturated rings. The first kappa shape index (κ1) is 38.8. The topological polar surface area (TPSA) is 92.3 Å². The van der Waals surface area contributed by atoms with Crippen molar-refractivity contribution in [3.63, 3.8) is 0 Å². The van der Waals surface area contributed by atoms with E-state index in [0.29, 0.717) is 23.5 Å². The largest absolute Gasteiger partial charge is 0.493 e. The number of benzene rings is 2. The summed E-state index contributed by atoms with van der Waals surface area (Å²) < 4.78 is 47.2. The van der Waals surface area contributed by atoms with Gasteiger partial charge in [-0.1, -0.05) is 59.2 Å². The van der Waals surface area contributed by atoms with Gasteiger partial charge in [-0.15, -0.1) is 0 Å². The Morgan fingerprint density at radius 1 is 1.20 bits per heavy atom. The molecule has 0 amide bonds. The monoisotopic (exact) mass is 622 g/mol. The highest BCUT2D eigenvalue weighted by Crippen LogP contribution is 2.37. The summed E-state index contributed by atoms with van der Waals surface area (Å²) in [6.07, 6.45) is 1.72. The molecule has 0 saturated carbocycles. The van der Waals surface area contributed by atoms with Gasteiger partial charge in [-0.2, -0.15) is 13.2 Å². The molecule has 4 rings (SSSR count). The van der Waals surface area contributed by atoms with Gasteiger partial charge in [0.1, 0.15) is 5.75 Å². The number of aliphatic hydroxyl groups excluding tert-OH is 1. The zero-order valence-corrected chi connectivity index (χ0v) is 27.6. The van der Waals surface area contributed by atoms with Crippen LogP contribution in [0, 0.1) is 5.92 Å². The van der Waals surface area contributed by atoms with Crippen LogP contribution in [0.4, 0.5) is 18.9 Å². The highest BCUT2D eigenvalue weighted by Gasteiger charge is 2.35. The number of aliphatic imine (C=N–C) groups is 1. The number of hydrogen-bond donors (Lipinski definition) is 3. The molecule has 248 valence electrons. The first-order valence-corrected chi connectivity index (χ1v) is 15.5. The van der Waals surface area contributed by atoms with Gasteiger partial charge in [0.25, 0.3) is 0 Å². The number of aryl methyl sites for hydroxylation is 2. The van der Waals surface area contributed by atoms with Gasteiger partial charge in [-0.05, 0) is 80.1 Å². The molecular formula is C34H53F3N4O3. The van der Waals surface area contributed by atoms with Gasteiger partial charge in [0.05, 0.1) is 12.2 Å². The number of aliphatic hydroxyl groups is 1. The molecule has 2 heterocycles. The average Bonchev–Trinajstić information content (AvgIpc) is 3.50. The number of rotatable bonds is 10. The lowest BCUT2D eigenvalue weighted by atomic mass is 9.98. The summed E-state index contributed by atoms with van der Waals surface area (Å²) in [5.41, 5.74) is 11.6. The van der Waals surface area contributed by atoms with Crippen LogP contribution in [0.1, 0.15) is 89.0 Å². The third kappa shape index (κ3) is 12.4. The van der Waals surface area contributed by atoms with Gasteiger partial charge < -0.3 is 20.5 Å². The van der Waals surface area contributed by atoms with Gasteiger partial charge >= 0.3 is 6.18 Å². The Kier molecular flexibility index (Phi) is 17.6. The van der Waals surface area contributed by atoms with Gasteiger partial charge in [-0.3, -0.25) is 0 Å². The van der Waals surface area contributed by atoms with Gasteiger partial charge in [0.2, 0.25) is 0 Å². The van der Waals surface area contributed by atoms with Crippen LogP contribution in [0.25, 0.3) is 0 Å². The van der Waals surface area contributed by atoms with Crippen molar-refractivity contribution in [1.29, 1.82) is 0 Å². The van der Waals surface area contributed by atoms with Crippen molar-refractivity contribution < 1.29 is 27.9 Å². The number of allylic oxidation sites excluding steroid dienone is 1. The number of halogens is 3. The molecule has 2 atom stereocenters. The lowest BCUT2D eigenvalue weighted by Gasteiger charge is -2.27. The molecule has 0 aromatic heterocycles. The second-order valence-electron chi connectivity index (χ2n) is 10.7. The quantitative estimate of drug-likeness (QED) is 0.236. The summed E-state index contributed by atoms with van der Waals surface area (Å²) in [5.74, 6) is 0.333. The molecule has 2 aromatic rings. The van der Waals surface area contributed by atoms with Crippen molar-refractivity contribution in [3.8, 4) is 5.75 Å². The molecule has 2 unspecified atom stereocenters. The molecule has 2 aromatic carbocycles. The molecule has 44 heavy (non-hydrogen) atoms. The fourth-order valence-electron chi connectivity index (χ4n) is 4.82. The van der Waals surface area contributed by atoms with Gasteiger partial charge in [-0.25, -0.2) is 15.3 Å². The summed E-state index contributed by atoms with van der Waals surface area (Å²) in [6.45, 7) is 14.5. The SMILES string of the molecule is C=C(C)N.CC.CCCCC(C)C1N=C(c2ccc(OCCCc3ccc4c(c3)CCCN4C)c(C(F)(F)F)c2)NO1.CO. The second kappa shape index (κ2) is 19.9. The van der Waals surface area contributed by atoms with Crippen molar-refractivity contribution in [3.05, 3.63) is 70.9 Å². The highest BCUT2D eigenvalue weighted by molar-refractivity contribution is 5.99. The van der Waals surface area contributed by atoms with Crippen molar-refractivity contribution in [2.24, 2.45) is 16.6 Å². The summed E-state index contributed by atoms with van der Waals surface area (Å²) in [7, 11) is 3.10. The minimum Gasteiger partial charge on any atom is -0.493 e. The lowest BCUT2D eigenvalue weighted by Crippen LogP contribution is -2.24. The number of hydroxylamine groups is 1. The molecule has 0 spiro atoms. The predicted molar refractivity (Wildman–Crippen MR) is 175 cm³/mol. The van der Waals surface area contributed by atoms with Gasteiger partial charge in [0, 0.05) is 37.9 Å². The number of ether oxygens (including phenoxy) is 1. The minimum absolute atomic E-state index is 0.161. The second-order valence-corrected chi connectivity index (χ2v) is 10.7. The zero-order valence-electron chi connectivity index (χ0n) is 27.6. The Hall–Kier alpha value is -3.24. The Labute approximate surface area is 262 Å². The molecule has 0 bridgehead atoms. The molecule has 0 aliphatic carbocycles. The molecule has 0 radical (unpaired) electrons. The number of anilines is 1. The van der Waals surface area contributed by atoms with E-state index in [2.05, 4.69) is 54.1 Å². The number of unbranched alkanes of at least 4 members (excludes halogenated alkanes) is 1. The fourth-order valence-corrected chi connectivity index (χ4v) is 4.82. The third-order valence-corrected chi connectivity index (χ3v) is 6.95. The fraction of sp³-hybridized carbons (Fsp3) is 0.559. The molecule has 2 aliphatic heterocycles. The Morgan fingerprint density at radius 3 is 2.52 bits per heavy atom. The molecule has 4 N–H and O–H groups in total. The smallest absolute Gasteiger partial charge is 0.419 e. The van der Waals surface area contributed by atoms with Gasteiger partial charge in [0.15, 0.2) is 12.1 Å². The van der Waals surface area contributed by atoms with Crippen LogP contribution in [0.5, 0.6) is 5.75 Å². The van der Waals surface area contributed by atoms with Crippen LogP contribution in [0.15, 0.2) is 53.7 Å². The molecule has 0 saturated heterocycles. The van der Waals surface area contributed by atoms with Crippen molar-refractivity contribution >= 4 is 11.5 Å². The zero-order chi connectivity index (χ0) is 33.3. The molecule has 2 aliphatic rings. The summed E-state index contributed by atoms with van der Waals surface area (Å²) in [5, 5.41) is 7.00. The maximum Gasteiger partial charge on any atom is 0.419 e. The Bertz CT molecular complexity index is 1170. The Morgan fingerprint density at radius 2 is 1.89 bits per heavy atom. The number of nitrogens with one attached hydrogen (secondary N) is 1. The van der Waals surface area contributed by atoms with E-state index >= 15 is 0 Å². The van der Waals surface area contributed by atoms with Crippen LogP contribution in [-0.4, -0.2) is 44.5 Å². The third-order valence-electron chi connectivity index (χ3n) is 6.95. The average molecular weight is 623 g/mol. The van der Waals surface area contributed by atoms with E-state index in [1.165, 1.54) is 22.9 Å². The minimum atomic E-state index is -4.54. The number of fused-ring (bicyclic) bond motifs is 1. The predicted octanol–water partition coefficient (Wildman–Crippen LogP) is 7.65. The number of amidine groups is 1. The maximum absolute atomic E-state index is 13.9. The van der Waals surface area contributed by atoms with E-state index in [4.69, 9.17) is 20.4 Å². The first-order valence-electron chi connectivity index (χ1n) is 15.5. The van der Waals surface area contributed by atoms with Crippen molar-refractivity contribution in [2.75, 3.05) is 32.2 Å². The van der Waals surface area contributed by atoms with E-state index in [1.807, 2.05) is 20.8 Å². The standard InChI is InChI=1S/C28H36F3N3O2.C3H7N.C2H6.CH4O/c1-4-5-8-19(2)27-32-26(33-36-27)22-12-14-25(23(18-22)28(29,30)31)35-16-7-9-20-11-13-24-21(17-20)10-6-15-34(24)3;1-3(2)4;2*1-2/h11-14,17-19,27H,4-10,15-16H2,1-3H3,(H,32,33);1,4H2,2H3;1-2H3;2H,1H3. The van der Waals surface area contributed by atoms with E-state index in [9.17, 15) is 13.2 Å². The van der Waals surface area contributed by atoms with E-state index < -0.39 is 18.0 Å². The number of alkyl halides is 3. The normalized spacial score (nSPS) is 15.9. The molecular weight excluding hydrogens is 569 g/mol. The van der Waals surface area contributed by atoms with Crippen LogP contribution in [0.2, 0.25) is 0 Å². The van der Waals surface area contributed by atoms with E-state index in [0.717, 1.165) is 58.2 Å². The van der Waals surface area contributed by atoms with E-state index in [-0.39, 0.29) is 18.3 Å². The van der Waals surface area contributed by atoms with Crippen LogP contribution in [-0.2, 0) is 23.9 Å². The number of nitrogens with two attached hydrogens (primary N) is 1. The van der Waals surface area contributed by atoms with Crippen LogP contribution in [0.3, 0.4) is 0 Å². The summed E-state index contributed by atoms with van der Waals surface area (Å²) >= 11 is 0. The lowest BCUT2D eigenvalue weighted by molar-refractivity contribution is -0.139. The highest BCUT2D eigenvalue weighted by atomic mass is 19.4. The van der Waals surface area contributed by atoms with Crippen molar-refractivity contribution in [2.45, 2.75) is 92.0 Å².